The Labute approximate surface area is 184 Å². The number of hydrogen-bond acceptors (Lipinski definition) is 4. The molecule has 1 aromatic carbocycles. The number of carbonyl (C=O) groups excluding carboxylic acids is 1. The maximum absolute atomic E-state index is 13.1. The van der Waals surface area contributed by atoms with Crippen molar-refractivity contribution >= 4 is 22.8 Å². The number of piperidine rings is 1. The Morgan fingerprint density at radius 2 is 1.97 bits per heavy atom. The van der Waals surface area contributed by atoms with Crippen LogP contribution in [0.15, 0.2) is 30.5 Å². The summed E-state index contributed by atoms with van der Waals surface area (Å²) >= 11 is 0. The molecule has 4 rings (SSSR count). The number of aromatic amines is 1. The van der Waals surface area contributed by atoms with E-state index in [4.69, 9.17) is 14.6 Å². The van der Waals surface area contributed by atoms with E-state index < -0.39 is 12.1 Å². The first-order chi connectivity index (χ1) is 15.1. The third kappa shape index (κ3) is 5.80. The number of amides is 1. The van der Waals surface area contributed by atoms with E-state index in [1.54, 1.807) is 0 Å². The van der Waals surface area contributed by atoms with E-state index in [0.29, 0.717) is 0 Å². The minimum atomic E-state index is -5.08. The Morgan fingerprint density at radius 1 is 1.22 bits per heavy atom. The van der Waals surface area contributed by atoms with Crippen molar-refractivity contribution in [3.05, 3.63) is 36.0 Å². The first-order valence-corrected chi connectivity index (χ1v) is 10.6. The van der Waals surface area contributed by atoms with Crippen molar-refractivity contribution < 1.29 is 32.6 Å². The normalized spacial score (nSPS) is 22.3. The van der Waals surface area contributed by atoms with Crippen LogP contribution in [0.2, 0.25) is 0 Å². The minimum absolute atomic E-state index is 0.0803. The quantitative estimate of drug-likeness (QED) is 0.725. The topological polar surface area (TPSA) is 85.9 Å². The predicted molar refractivity (Wildman–Crippen MR) is 112 cm³/mol. The number of halogens is 3. The SMILES string of the molecule is CCN1CCOCC2(CCCN(C(=O)c3ccc4cc[nH]c4c3)C2)C1.O=C(O)C(F)(F)F. The van der Waals surface area contributed by atoms with Gasteiger partial charge in [0.05, 0.1) is 13.2 Å². The zero-order valence-corrected chi connectivity index (χ0v) is 18.0. The highest BCUT2D eigenvalue weighted by atomic mass is 19.4. The molecule has 2 N–H and O–H groups in total. The van der Waals surface area contributed by atoms with Crippen LogP contribution in [-0.4, -0.2) is 83.9 Å². The molecule has 2 aliphatic rings. The highest BCUT2D eigenvalue weighted by Crippen LogP contribution is 2.33. The van der Waals surface area contributed by atoms with Crippen molar-refractivity contribution in [2.75, 3.05) is 45.9 Å². The van der Waals surface area contributed by atoms with Crippen molar-refractivity contribution in [3.63, 3.8) is 0 Å². The molecule has 7 nitrogen and oxygen atoms in total. The van der Waals surface area contributed by atoms with Crippen LogP contribution in [0.1, 0.15) is 30.1 Å². The predicted octanol–water partition coefficient (Wildman–Crippen LogP) is 3.38. The van der Waals surface area contributed by atoms with E-state index >= 15 is 0 Å². The van der Waals surface area contributed by atoms with Gasteiger partial charge in [0, 0.05) is 48.9 Å². The lowest BCUT2D eigenvalue weighted by molar-refractivity contribution is -0.192. The van der Waals surface area contributed by atoms with Gasteiger partial charge < -0.3 is 24.6 Å². The molecule has 2 aliphatic heterocycles. The molecule has 3 heterocycles. The number of H-pyrrole nitrogens is 1. The van der Waals surface area contributed by atoms with E-state index in [1.807, 2.05) is 35.4 Å². The summed E-state index contributed by atoms with van der Waals surface area (Å²) in [7, 11) is 0. The lowest BCUT2D eigenvalue weighted by atomic mass is 9.80. The number of likely N-dealkylation sites (N-methyl/N-ethyl adjacent to an activating group) is 1. The number of nitrogens with zero attached hydrogens (tertiary/aromatic N) is 2. The van der Waals surface area contributed by atoms with Gasteiger partial charge in [-0.05, 0) is 43.0 Å². The fourth-order valence-corrected chi connectivity index (χ4v) is 4.34. The Bertz CT molecular complexity index is 946. The first kappa shape index (κ1) is 24.1. The molecule has 1 amide bonds. The summed E-state index contributed by atoms with van der Waals surface area (Å²) in [5.74, 6) is -2.62. The summed E-state index contributed by atoms with van der Waals surface area (Å²) in [6, 6.07) is 7.97. The second-order valence-corrected chi connectivity index (χ2v) is 8.33. The molecule has 0 bridgehead atoms. The summed E-state index contributed by atoms with van der Waals surface area (Å²) in [5, 5.41) is 8.27. The fourth-order valence-electron chi connectivity index (χ4n) is 4.34. The molecule has 1 spiro atoms. The van der Waals surface area contributed by atoms with Gasteiger partial charge >= 0.3 is 12.1 Å². The summed E-state index contributed by atoms with van der Waals surface area (Å²) in [4.78, 5) is 29.7. The maximum atomic E-state index is 13.1. The zero-order valence-electron chi connectivity index (χ0n) is 18.0. The van der Waals surface area contributed by atoms with Crippen molar-refractivity contribution in [3.8, 4) is 0 Å². The molecule has 176 valence electrons. The van der Waals surface area contributed by atoms with Gasteiger partial charge in [-0.15, -0.1) is 0 Å². The average molecular weight is 455 g/mol. The van der Waals surface area contributed by atoms with E-state index in [1.165, 1.54) is 0 Å². The number of alkyl halides is 3. The van der Waals surface area contributed by atoms with Crippen LogP contribution >= 0.6 is 0 Å². The van der Waals surface area contributed by atoms with E-state index in [-0.39, 0.29) is 11.3 Å². The van der Waals surface area contributed by atoms with Gasteiger partial charge in [0.2, 0.25) is 0 Å². The number of carbonyl (C=O) groups is 2. The van der Waals surface area contributed by atoms with E-state index in [2.05, 4.69) is 16.8 Å². The van der Waals surface area contributed by atoms with Crippen molar-refractivity contribution in [1.82, 2.24) is 14.8 Å². The second kappa shape index (κ2) is 9.91. The molecule has 0 radical (unpaired) electrons. The third-order valence-electron chi connectivity index (χ3n) is 5.96. The van der Waals surface area contributed by atoms with Gasteiger partial charge in [-0.2, -0.15) is 13.2 Å². The maximum Gasteiger partial charge on any atom is 0.490 e. The molecular formula is C22H28F3N3O4. The van der Waals surface area contributed by atoms with Crippen LogP contribution in [0.5, 0.6) is 0 Å². The number of aliphatic carboxylic acids is 1. The van der Waals surface area contributed by atoms with Gasteiger partial charge in [-0.3, -0.25) is 4.79 Å². The molecule has 0 saturated carbocycles. The van der Waals surface area contributed by atoms with Crippen LogP contribution in [0.4, 0.5) is 13.2 Å². The van der Waals surface area contributed by atoms with E-state index in [9.17, 15) is 18.0 Å². The minimum Gasteiger partial charge on any atom is -0.475 e. The van der Waals surface area contributed by atoms with Crippen LogP contribution in [0, 0.1) is 5.41 Å². The number of carboxylic acids is 1. The van der Waals surface area contributed by atoms with Gasteiger partial charge in [-0.1, -0.05) is 13.0 Å². The summed E-state index contributed by atoms with van der Waals surface area (Å²) in [5.41, 5.74) is 1.87. The number of carboxylic acid groups (broad SMARTS) is 1. The lowest BCUT2D eigenvalue weighted by Gasteiger charge is -2.43. The molecule has 32 heavy (non-hydrogen) atoms. The lowest BCUT2D eigenvalue weighted by Crippen LogP contribution is -2.52. The standard InChI is InChI=1S/C20H27N3O2.C2HF3O2/c1-2-22-10-11-25-15-20(13-22)7-3-9-23(14-20)19(24)17-5-4-16-6-8-21-18(16)12-17;3-2(4,5)1(6)7/h4-6,8,12,21H,2-3,7,9-11,13-15H2,1H3;(H,6,7). The summed E-state index contributed by atoms with van der Waals surface area (Å²) in [6.45, 7) is 8.48. The fraction of sp³-hybridized carbons (Fsp3) is 0.545. The molecule has 2 aromatic rings. The molecule has 2 saturated heterocycles. The monoisotopic (exact) mass is 455 g/mol. The number of benzene rings is 1. The van der Waals surface area contributed by atoms with Crippen molar-refractivity contribution in [2.24, 2.45) is 5.41 Å². The Hall–Kier alpha value is -2.59. The zero-order chi connectivity index (χ0) is 23.4. The Kier molecular flexibility index (Phi) is 7.45. The number of fused-ring (bicyclic) bond motifs is 1. The molecule has 10 heteroatoms. The van der Waals surface area contributed by atoms with Gasteiger partial charge in [0.25, 0.3) is 5.91 Å². The largest absolute Gasteiger partial charge is 0.490 e. The Morgan fingerprint density at radius 3 is 2.66 bits per heavy atom. The number of likely N-dealkylation sites (tertiary alicyclic amines) is 1. The molecule has 1 aromatic heterocycles. The van der Waals surface area contributed by atoms with Crippen molar-refractivity contribution in [2.45, 2.75) is 25.9 Å². The van der Waals surface area contributed by atoms with Gasteiger partial charge in [0.1, 0.15) is 0 Å². The first-order valence-electron chi connectivity index (χ1n) is 10.6. The molecule has 1 atom stereocenters. The van der Waals surface area contributed by atoms with Gasteiger partial charge in [0.15, 0.2) is 0 Å². The Balaban J connectivity index is 0.000000360. The number of nitrogens with one attached hydrogen (secondary N) is 1. The number of aromatic nitrogens is 1. The van der Waals surface area contributed by atoms with Crippen LogP contribution in [-0.2, 0) is 9.53 Å². The highest BCUT2D eigenvalue weighted by Gasteiger charge is 2.40. The van der Waals surface area contributed by atoms with Gasteiger partial charge in [-0.25, -0.2) is 4.79 Å². The molecular weight excluding hydrogens is 427 g/mol. The summed E-state index contributed by atoms with van der Waals surface area (Å²) < 4.78 is 37.7. The van der Waals surface area contributed by atoms with Crippen LogP contribution in [0.25, 0.3) is 10.9 Å². The molecule has 0 aliphatic carbocycles. The van der Waals surface area contributed by atoms with Crippen molar-refractivity contribution in [1.29, 1.82) is 0 Å². The molecule has 1 unspecified atom stereocenters. The number of ether oxygens (including phenoxy) is 1. The second-order valence-electron chi connectivity index (χ2n) is 8.33. The number of rotatable bonds is 2. The molecule has 2 fully saturated rings. The summed E-state index contributed by atoms with van der Waals surface area (Å²) in [6.07, 6.45) is -0.975. The number of hydrogen-bond donors (Lipinski definition) is 2. The van der Waals surface area contributed by atoms with Crippen LogP contribution < -0.4 is 0 Å². The van der Waals surface area contributed by atoms with Crippen LogP contribution in [0.3, 0.4) is 0 Å². The van der Waals surface area contributed by atoms with E-state index in [0.717, 1.165) is 75.2 Å². The average Bonchev–Trinajstić information content (AvgIpc) is 3.14. The smallest absolute Gasteiger partial charge is 0.475 e. The highest BCUT2D eigenvalue weighted by molar-refractivity contribution is 5.98. The third-order valence-corrected chi connectivity index (χ3v) is 5.96.